The Hall–Kier alpha value is -4.64. The molecule has 2 atom stereocenters. The predicted octanol–water partition coefficient (Wildman–Crippen LogP) is 14.8. The van der Waals surface area contributed by atoms with Crippen molar-refractivity contribution >= 4 is 17.9 Å². The van der Waals surface area contributed by atoms with E-state index in [-0.39, 0.29) is 60.8 Å². The molecule has 0 amide bonds. The molecule has 0 aromatic heterocycles. The molecule has 0 aliphatic carbocycles. The molecule has 0 bridgehead atoms. The number of unbranched alkanes of at least 4 members (excludes halogenated alkanes) is 15. The number of benzene rings is 3. The highest BCUT2D eigenvalue weighted by Gasteiger charge is 2.25. The fourth-order valence-electron chi connectivity index (χ4n) is 6.64. The summed E-state index contributed by atoms with van der Waals surface area (Å²) >= 11 is 0. The SMILES string of the molecule is C.C.C.C.CCCCCCCCCCCCCCCCCCOC(=O)C(CC)CC(C)C(=O)OCCOc1ccc(C(=O)Oc2ccc(-c3ccc(C#N)cc3)cc2)cc1. The molecule has 0 aliphatic rings. The zero-order valence-electron chi connectivity index (χ0n) is 34.2. The Morgan fingerprint density at radius 2 is 1.00 bits per heavy atom. The molecule has 0 radical (unpaired) electrons. The van der Waals surface area contributed by atoms with Crippen LogP contribution in [-0.4, -0.2) is 37.7 Å². The normalized spacial score (nSPS) is 11.2. The molecule has 0 heterocycles. The van der Waals surface area contributed by atoms with Crippen molar-refractivity contribution in [2.45, 2.75) is 166 Å². The number of carbonyl (C=O) groups is 3. The van der Waals surface area contributed by atoms with Gasteiger partial charge in [-0.25, -0.2) is 4.79 Å². The average Bonchev–Trinajstić information content (AvgIpc) is 3.22. The van der Waals surface area contributed by atoms with Crippen LogP contribution in [0.4, 0.5) is 0 Å². The van der Waals surface area contributed by atoms with Crippen LogP contribution in [0.2, 0.25) is 0 Å². The topological polar surface area (TPSA) is 112 Å². The summed E-state index contributed by atoms with van der Waals surface area (Å²) in [5.41, 5.74) is 2.86. The Kier molecular flexibility index (Phi) is 33.7. The molecular weight excluding hydrogens is 751 g/mol. The second-order valence-corrected chi connectivity index (χ2v) is 14.9. The lowest BCUT2D eigenvalue weighted by Crippen LogP contribution is -2.25. The Balaban J connectivity index is 0. The quantitative estimate of drug-likeness (QED) is 0.0386. The van der Waals surface area contributed by atoms with Gasteiger partial charge in [0.15, 0.2) is 0 Å². The lowest BCUT2D eigenvalue weighted by atomic mass is 9.94. The maximum Gasteiger partial charge on any atom is 0.343 e. The number of rotatable bonds is 29. The van der Waals surface area contributed by atoms with Crippen molar-refractivity contribution in [3.05, 3.63) is 83.9 Å². The van der Waals surface area contributed by atoms with Gasteiger partial charge in [-0.2, -0.15) is 5.26 Å². The number of ether oxygens (including phenoxy) is 4. The summed E-state index contributed by atoms with van der Waals surface area (Å²) in [5, 5.41) is 8.99. The minimum atomic E-state index is -0.500. The van der Waals surface area contributed by atoms with Gasteiger partial charge in [0.05, 0.1) is 35.6 Å². The second kappa shape index (κ2) is 35.1. The zero-order chi connectivity index (χ0) is 40.2. The minimum Gasteiger partial charge on any atom is -0.490 e. The summed E-state index contributed by atoms with van der Waals surface area (Å²) < 4.78 is 22.2. The molecule has 0 spiro atoms. The number of carbonyl (C=O) groups excluding carboxylic acids is 3. The van der Waals surface area contributed by atoms with E-state index in [9.17, 15) is 14.4 Å². The summed E-state index contributed by atoms with van der Waals surface area (Å²) in [6.45, 7) is 6.62. The average molecular weight is 832 g/mol. The molecule has 3 aromatic carbocycles. The van der Waals surface area contributed by atoms with E-state index in [0.29, 0.717) is 42.1 Å². The van der Waals surface area contributed by atoms with Crippen LogP contribution in [0.1, 0.15) is 182 Å². The van der Waals surface area contributed by atoms with Crippen molar-refractivity contribution in [2.75, 3.05) is 19.8 Å². The van der Waals surface area contributed by atoms with Crippen molar-refractivity contribution in [3.8, 4) is 28.7 Å². The summed E-state index contributed by atoms with van der Waals surface area (Å²) in [6, 6.07) is 23.1. The molecule has 60 heavy (non-hydrogen) atoms. The van der Waals surface area contributed by atoms with Crippen molar-refractivity contribution < 1.29 is 33.3 Å². The molecule has 0 fully saturated rings. The van der Waals surface area contributed by atoms with Gasteiger partial charge in [-0.15, -0.1) is 0 Å². The minimum absolute atomic E-state index is 0. The lowest BCUT2D eigenvalue weighted by molar-refractivity contribution is -0.153. The second-order valence-electron chi connectivity index (χ2n) is 14.9. The van der Waals surface area contributed by atoms with E-state index < -0.39 is 11.9 Å². The number of hydrogen-bond donors (Lipinski definition) is 0. The van der Waals surface area contributed by atoms with Crippen molar-refractivity contribution in [2.24, 2.45) is 11.8 Å². The third-order valence-electron chi connectivity index (χ3n) is 10.2. The largest absolute Gasteiger partial charge is 0.490 e. The maximum absolute atomic E-state index is 12.7. The van der Waals surface area contributed by atoms with Gasteiger partial charge in [0.1, 0.15) is 24.7 Å². The first kappa shape index (κ1) is 57.5. The first-order chi connectivity index (χ1) is 27.3. The summed E-state index contributed by atoms with van der Waals surface area (Å²) in [7, 11) is 0. The molecule has 2 unspecified atom stereocenters. The van der Waals surface area contributed by atoms with Gasteiger partial charge < -0.3 is 18.9 Å². The van der Waals surface area contributed by atoms with E-state index >= 15 is 0 Å². The van der Waals surface area contributed by atoms with Crippen molar-refractivity contribution in [1.82, 2.24) is 0 Å². The standard InChI is InChI=1S/C48H65NO7.4CH4/c1-4-6-7-8-9-10-11-12-13-14-15-16-17-18-19-20-33-54-47(51)40(5-2)36-38(3)46(50)55-35-34-53-44-29-27-43(28-30-44)48(52)56-45-31-25-42(26-32-45)41-23-21-39(37-49)22-24-41;;;;/h21-32,38,40H,4-20,33-36H2,1-3H3;4*1H4. The Bertz CT molecular complexity index is 1580. The molecule has 0 saturated carbocycles. The number of esters is 3. The summed E-state index contributed by atoms with van der Waals surface area (Å²) in [5.74, 6) is -0.956. The van der Waals surface area contributed by atoms with Gasteiger partial charge in [-0.1, -0.05) is 171 Å². The number of nitriles is 1. The fourth-order valence-corrected chi connectivity index (χ4v) is 6.64. The van der Waals surface area contributed by atoms with Gasteiger partial charge in [0.25, 0.3) is 0 Å². The maximum atomic E-state index is 12.7. The zero-order valence-corrected chi connectivity index (χ0v) is 34.2. The van der Waals surface area contributed by atoms with Crippen LogP contribution >= 0.6 is 0 Å². The van der Waals surface area contributed by atoms with Crippen LogP contribution in [0.3, 0.4) is 0 Å². The van der Waals surface area contributed by atoms with Crippen molar-refractivity contribution in [3.63, 3.8) is 0 Å². The Morgan fingerprint density at radius 1 is 0.550 bits per heavy atom. The van der Waals surface area contributed by atoms with Gasteiger partial charge in [-0.3, -0.25) is 9.59 Å². The van der Waals surface area contributed by atoms with Crippen LogP contribution in [0, 0.1) is 23.2 Å². The molecule has 8 nitrogen and oxygen atoms in total. The molecular formula is C52H81NO7. The molecule has 0 saturated heterocycles. The molecule has 336 valence electrons. The molecule has 8 heteroatoms. The number of hydrogen-bond acceptors (Lipinski definition) is 8. The smallest absolute Gasteiger partial charge is 0.343 e. The van der Waals surface area contributed by atoms with E-state index in [1.54, 1.807) is 55.5 Å². The molecule has 3 aromatic rings. The summed E-state index contributed by atoms with van der Waals surface area (Å²) in [4.78, 5) is 38.0. The van der Waals surface area contributed by atoms with Crippen molar-refractivity contribution in [1.29, 1.82) is 5.26 Å². The fraction of sp³-hybridized carbons (Fsp3) is 0.577. The highest BCUT2D eigenvalue weighted by Crippen LogP contribution is 2.24. The Labute approximate surface area is 365 Å². The lowest BCUT2D eigenvalue weighted by Gasteiger charge is -2.18. The monoisotopic (exact) mass is 832 g/mol. The number of nitrogens with zero attached hydrogens (tertiary/aromatic N) is 1. The molecule has 0 N–H and O–H groups in total. The van der Waals surface area contributed by atoms with Gasteiger partial charge in [0.2, 0.25) is 0 Å². The third-order valence-corrected chi connectivity index (χ3v) is 10.2. The predicted molar refractivity (Wildman–Crippen MR) is 249 cm³/mol. The van der Waals surface area contributed by atoms with E-state index in [0.717, 1.165) is 24.0 Å². The van der Waals surface area contributed by atoms with Crippen LogP contribution in [0.15, 0.2) is 72.8 Å². The van der Waals surface area contributed by atoms with E-state index in [4.69, 9.17) is 24.2 Å². The van der Waals surface area contributed by atoms with Crippen LogP contribution < -0.4 is 9.47 Å². The van der Waals surface area contributed by atoms with E-state index in [1.807, 2.05) is 31.2 Å². The van der Waals surface area contributed by atoms with Gasteiger partial charge in [-0.05, 0) is 78.9 Å². The highest BCUT2D eigenvalue weighted by molar-refractivity contribution is 5.91. The third kappa shape index (κ3) is 23.2. The highest BCUT2D eigenvalue weighted by atomic mass is 16.6. The van der Waals surface area contributed by atoms with Gasteiger partial charge >= 0.3 is 17.9 Å². The van der Waals surface area contributed by atoms with E-state index in [2.05, 4.69) is 13.0 Å². The van der Waals surface area contributed by atoms with Crippen LogP contribution in [0.25, 0.3) is 11.1 Å². The first-order valence-electron chi connectivity index (χ1n) is 21.2. The van der Waals surface area contributed by atoms with Crippen LogP contribution in [-0.2, 0) is 19.1 Å². The molecule has 3 rings (SSSR count). The van der Waals surface area contributed by atoms with Crippen LogP contribution in [0.5, 0.6) is 11.5 Å². The Morgan fingerprint density at radius 3 is 1.48 bits per heavy atom. The first-order valence-corrected chi connectivity index (χ1v) is 21.2. The van der Waals surface area contributed by atoms with Gasteiger partial charge in [0, 0.05) is 0 Å². The summed E-state index contributed by atoms with van der Waals surface area (Å²) in [6.07, 6.45) is 21.8. The van der Waals surface area contributed by atoms with E-state index in [1.165, 1.54) is 89.9 Å². The molecule has 0 aliphatic heterocycles.